The van der Waals surface area contributed by atoms with Crippen LogP contribution in [0.25, 0.3) is 0 Å². The Hall–Kier alpha value is -2.69. The third-order valence-electron chi connectivity index (χ3n) is 3.04. The van der Waals surface area contributed by atoms with Crippen molar-refractivity contribution in [2.24, 2.45) is 0 Å². The molecular weight excluding hydrogens is 280 g/mol. The van der Waals surface area contributed by atoms with E-state index in [9.17, 15) is 4.79 Å². The van der Waals surface area contributed by atoms with Crippen LogP contribution in [-0.2, 0) is 4.79 Å². The van der Waals surface area contributed by atoms with Crippen molar-refractivity contribution in [2.45, 2.75) is 20.0 Å². The fraction of sp³-hybridized carbons (Fsp3) is 0.235. The van der Waals surface area contributed by atoms with Gasteiger partial charge in [-0.15, -0.1) is 0 Å². The number of amides is 1. The highest BCUT2D eigenvalue weighted by atomic mass is 16.5. The summed E-state index contributed by atoms with van der Waals surface area (Å²) >= 11 is 0. The summed E-state index contributed by atoms with van der Waals surface area (Å²) in [5.41, 5.74) is 6.89. The van der Waals surface area contributed by atoms with Crippen LogP contribution >= 0.6 is 0 Å². The molecular formula is C17H20N2O3. The molecule has 5 nitrogen and oxygen atoms in total. The van der Waals surface area contributed by atoms with E-state index in [-0.39, 0.29) is 5.91 Å². The zero-order chi connectivity index (χ0) is 15.9. The Bertz CT molecular complexity index is 626. The van der Waals surface area contributed by atoms with Crippen LogP contribution < -0.4 is 20.5 Å². The first-order valence-electron chi connectivity index (χ1n) is 7.15. The highest BCUT2D eigenvalue weighted by Gasteiger charge is 2.15. The molecule has 0 aliphatic carbocycles. The van der Waals surface area contributed by atoms with Crippen molar-refractivity contribution < 1.29 is 14.3 Å². The predicted octanol–water partition coefficient (Wildman–Crippen LogP) is 3.07. The lowest BCUT2D eigenvalue weighted by Crippen LogP contribution is -2.30. The number of rotatable bonds is 6. The minimum atomic E-state index is -0.641. The van der Waals surface area contributed by atoms with Crippen LogP contribution in [0.2, 0.25) is 0 Å². The van der Waals surface area contributed by atoms with Crippen molar-refractivity contribution in [3.8, 4) is 11.5 Å². The molecule has 0 bridgehead atoms. The summed E-state index contributed by atoms with van der Waals surface area (Å²) in [6.45, 7) is 4.22. The average Bonchev–Trinajstić information content (AvgIpc) is 2.51. The number of benzene rings is 2. The number of nitrogen functional groups attached to an aromatic ring is 1. The van der Waals surface area contributed by atoms with Crippen molar-refractivity contribution in [1.82, 2.24) is 0 Å². The molecule has 2 rings (SSSR count). The van der Waals surface area contributed by atoms with Crippen LogP contribution in [0.15, 0.2) is 48.5 Å². The van der Waals surface area contributed by atoms with Gasteiger partial charge in [-0.2, -0.15) is 0 Å². The van der Waals surface area contributed by atoms with E-state index in [1.807, 2.05) is 19.1 Å². The van der Waals surface area contributed by atoms with E-state index < -0.39 is 6.10 Å². The number of nitrogens with two attached hydrogens (primary N) is 1. The van der Waals surface area contributed by atoms with E-state index in [4.69, 9.17) is 15.2 Å². The lowest BCUT2D eigenvalue weighted by Gasteiger charge is -2.15. The van der Waals surface area contributed by atoms with Gasteiger partial charge in [0.15, 0.2) is 6.10 Å². The molecule has 1 amide bonds. The number of nitrogens with one attached hydrogen (secondary N) is 1. The first-order valence-corrected chi connectivity index (χ1v) is 7.15. The zero-order valence-corrected chi connectivity index (χ0v) is 12.7. The third-order valence-corrected chi connectivity index (χ3v) is 3.04. The summed E-state index contributed by atoms with van der Waals surface area (Å²) < 4.78 is 11.0. The van der Waals surface area contributed by atoms with E-state index >= 15 is 0 Å². The first kappa shape index (κ1) is 15.7. The van der Waals surface area contributed by atoms with Crippen molar-refractivity contribution in [3.05, 3.63) is 48.5 Å². The van der Waals surface area contributed by atoms with Gasteiger partial charge in [0.2, 0.25) is 0 Å². The largest absolute Gasteiger partial charge is 0.494 e. The second-order valence-corrected chi connectivity index (χ2v) is 4.74. The van der Waals surface area contributed by atoms with Gasteiger partial charge in [-0.3, -0.25) is 4.79 Å². The van der Waals surface area contributed by atoms with Crippen LogP contribution in [0.5, 0.6) is 11.5 Å². The molecule has 0 saturated carbocycles. The predicted molar refractivity (Wildman–Crippen MR) is 87.2 cm³/mol. The van der Waals surface area contributed by atoms with Gasteiger partial charge in [-0.1, -0.05) is 12.1 Å². The third kappa shape index (κ3) is 4.15. The van der Waals surface area contributed by atoms with Crippen LogP contribution in [0.3, 0.4) is 0 Å². The van der Waals surface area contributed by atoms with Gasteiger partial charge in [0.25, 0.3) is 5.91 Å². The smallest absolute Gasteiger partial charge is 0.265 e. The molecule has 0 aliphatic heterocycles. The molecule has 116 valence electrons. The lowest BCUT2D eigenvalue weighted by atomic mass is 10.2. The summed E-state index contributed by atoms with van der Waals surface area (Å²) in [7, 11) is 0. The summed E-state index contributed by atoms with van der Waals surface area (Å²) in [6.07, 6.45) is -0.641. The van der Waals surface area contributed by atoms with Crippen LogP contribution in [0.4, 0.5) is 11.4 Å². The molecule has 1 unspecified atom stereocenters. The monoisotopic (exact) mass is 300 g/mol. The summed E-state index contributed by atoms with van der Waals surface area (Å²) in [4.78, 5) is 12.1. The van der Waals surface area contributed by atoms with Gasteiger partial charge in [0, 0.05) is 0 Å². The summed E-state index contributed by atoms with van der Waals surface area (Å²) in [6, 6.07) is 14.2. The van der Waals surface area contributed by atoms with E-state index in [0.717, 1.165) is 5.75 Å². The molecule has 0 aliphatic rings. The molecule has 0 fully saturated rings. The molecule has 3 N–H and O–H groups in total. The second-order valence-electron chi connectivity index (χ2n) is 4.74. The van der Waals surface area contributed by atoms with Gasteiger partial charge in [0.1, 0.15) is 11.5 Å². The normalized spacial score (nSPS) is 11.5. The molecule has 2 aromatic rings. The highest BCUT2D eigenvalue weighted by Crippen LogP contribution is 2.20. The maximum Gasteiger partial charge on any atom is 0.265 e. The number of carbonyl (C=O) groups is 1. The Morgan fingerprint density at radius 3 is 2.41 bits per heavy atom. The van der Waals surface area contributed by atoms with Gasteiger partial charge in [-0.05, 0) is 50.2 Å². The standard InChI is InChI=1S/C17H20N2O3/c1-3-21-13-8-10-14(11-9-13)22-12(2)17(20)19-16-7-5-4-6-15(16)18/h4-12H,3,18H2,1-2H3,(H,19,20). The summed E-state index contributed by atoms with van der Waals surface area (Å²) in [5.74, 6) is 1.11. The van der Waals surface area contributed by atoms with Crippen molar-refractivity contribution >= 4 is 17.3 Å². The minimum Gasteiger partial charge on any atom is -0.494 e. The molecule has 0 spiro atoms. The van der Waals surface area contributed by atoms with E-state index in [1.165, 1.54) is 0 Å². The number of carbonyl (C=O) groups excluding carboxylic acids is 1. The maximum atomic E-state index is 12.1. The number of hydrogen-bond acceptors (Lipinski definition) is 4. The fourth-order valence-electron chi connectivity index (χ4n) is 1.88. The summed E-state index contributed by atoms with van der Waals surface area (Å²) in [5, 5.41) is 2.75. The molecule has 2 aromatic carbocycles. The molecule has 0 saturated heterocycles. The Kier molecular flexibility index (Phi) is 5.25. The van der Waals surface area contributed by atoms with Gasteiger partial charge < -0.3 is 20.5 Å². The van der Waals surface area contributed by atoms with Gasteiger partial charge in [-0.25, -0.2) is 0 Å². The molecule has 0 radical (unpaired) electrons. The highest BCUT2D eigenvalue weighted by molar-refractivity contribution is 5.96. The number of para-hydroxylation sites is 2. The fourth-order valence-corrected chi connectivity index (χ4v) is 1.88. The van der Waals surface area contributed by atoms with Crippen molar-refractivity contribution in [3.63, 3.8) is 0 Å². The van der Waals surface area contributed by atoms with Crippen LogP contribution in [-0.4, -0.2) is 18.6 Å². The minimum absolute atomic E-state index is 0.258. The van der Waals surface area contributed by atoms with E-state index in [2.05, 4.69) is 5.32 Å². The van der Waals surface area contributed by atoms with E-state index in [1.54, 1.807) is 43.3 Å². The molecule has 0 aromatic heterocycles. The number of ether oxygens (including phenoxy) is 2. The number of hydrogen-bond donors (Lipinski definition) is 2. The van der Waals surface area contributed by atoms with Gasteiger partial charge in [0.05, 0.1) is 18.0 Å². The molecule has 0 heterocycles. The Labute approximate surface area is 130 Å². The quantitative estimate of drug-likeness (QED) is 0.804. The lowest BCUT2D eigenvalue weighted by molar-refractivity contribution is -0.122. The Morgan fingerprint density at radius 2 is 1.77 bits per heavy atom. The molecule has 5 heteroatoms. The molecule has 22 heavy (non-hydrogen) atoms. The van der Waals surface area contributed by atoms with Crippen LogP contribution in [0, 0.1) is 0 Å². The Morgan fingerprint density at radius 1 is 1.14 bits per heavy atom. The number of anilines is 2. The van der Waals surface area contributed by atoms with E-state index in [0.29, 0.717) is 23.7 Å². The topological polar surface area (TPSA) is 73.6 Å². The van der Waals surface area contributed by atoms with Gasteiger partial charge >= 0.3 is 0 Å². The average molecular weight is 300 g/mol. The zero-order valence-electron chi connectivity index (χ0n) is 12.7. The van der Waals surface area contributed by atoms with Crippen molar-refractivity contribution in [2.75, 3.05) is 17.7 Å². The SMILES string of the molecule is CCOc1ccc(OC(C)C(=O)Nc2ccccc2N)cc1. The molecule has 1 atom stereocenters. The first-order chi connectivity index (χ1) is 10.6. The maximum absolute atomic E-state index is 12.1. The van der Waals surface area contributed by atoms with Crippen LogP contribution in [0.1, 0.15) is 13.8 Å². The second kappa shape index (κ2) is 7.36. The Balaban J connectivity index is 1.95. The van der Waals surface area contributed by atoms with Crippen molar-refractivity contribution in [1.29, 1.82) is 0 Å².